The highest BCUT2D eigenvalue weighted by Crippen LogP contribution is 2.23. The van der Waals surface area contributed by atoms with E-state index in [4.69, 9.17) is 0 Å². The van der Waals surface area contributed by atoms with Gasteiger partial charge in [0.05, 0.1) is 12.6 Å². The fourth-order valence-electron chi connectivity index (χ4n) is 2.11. The Kier molecular flexibility index (Phi) is 3.78. The Morgan fingerprint density at radius 2 is 1.45 bits per heavy atom. The van der Waals surface area contributed by atoms with Gasteiger partial charge in [-0.15, -0.1) is 0 Å². The fourth-order valence-corrected chi connectivity index (χ4v) is 2.11. The van der Waals surface area contributed by atoms with Crippen molar-refractivity contribution in [2.45, 2.75) is 19.9 Å². The summed E-state index contributed by atoms with van der Waals surface area (Å²) in [4.78, 5) is 0. The molecule has 2 aromatic rings. The topological polar surface area (TPSA) is 8.81 Å². The molecule has 0 spiro atoms. The van der Waals surface area contributed by atoms with E-state index in [1.165, 1.54) is 10.8 Å². The summed E-state index contributed by atoms with van der Waals surface area (Å²) in [5, 5.41) is 0. The number of hydrogen-bond acceptors (Lipinski definition) is 0. The number of imidazole rings is 1. The lowest BCUT2D eigenvalue weighted by molar-refractivity contribution is -0.678. The lowest BCUT2D eigenvalue weighted by atomic mass is 10.1. The third-order valence-corrected chi connectivity index (χ3v) is 3.15. The highest BCUT2D eigenvalue weighted by atomic mass is 19.2. The number of nitrogens with zero attached hydrogens (tertiary/aromatic N) is 2. The zero-order valence-corrected chi connectivity index (χ0v) is 10.9. The molecule has 7 heteroatoms. The minimum Gasteiger partial charge on any atom is -0.237 e. The van der Waals surface area contributed by atoms with Crippen molar-refractivity contribution in [3.05, 3.63) is 52.9 Å². The maximum Gasteiger partial charge on any atom is 0.256 e. The van der Waals surface area contributed by atoms with Gasteiger partial charge in [0.2, 0.25) is 5.82 Å². The molecule has 0 atom stereocenters. The standard InChI is InChI=1S/C13H12F5N2/c1-3-8-19(2)4-5-20(8)6-7-9(14)11(16)13(18)12(17)10(7)15/h4-5H,3,6H2,1-2H3/q+1. The molecule has 0 saturated heterocycles. The molecule has 0 amide bonds. The summed E-state index contributed by atoms with van der Waals surface area (Å²) in [5.41, 5.74) is -0.840. The normalized spacial score (nSPS) is 11.2. The van der Waals surface area contributed by atoms with E-state index in [1.807, 2.05) is 6.92 Å². The van der Waals surface area contributed by atoms with Crippen LogP contribution in [0.4, 0.5) is 22.0 Å². The van der Waals surface area contributed by atoms with E-state index in [-0.39, 0.29) is 0 Å². The van der Waals surface area contributed by atoms with Gasteiger partial charge in [-0.1, -0.05) is 6.92 Å². The molecule has 0 aliphatic carbocycles. The molecule has 1 heterocycles. The van der Waals surface area contributed by atoms with Gasteiger partial charge in [0, 0.05) is 6.42 Å². The number of halogens is 5. The summed E-state index contributed by atoms with van der Waals surface area (Å²) >= 11 is 0. The summed E-state index contributed by atoms with van der Waals surface area (Å²) in [6.45, 7) is 1.40. The van der Waals surface area contributed by atoms with E-state index in [0.717, 1.165) is 0 Å². The Morgan fingerprint density at radius 3 is 1.95 bits per heavy atom. The molecule has 0 bridgehead atoms. The van der Waals surface area contributed by atoms with Crippen LogP contribution < -0.4 is 4.57 Å². The minimum absolute atomic E-state index is 0.421. The molecule has 0 unspecified atom stereocenters. The zero-order chi connectivity index (χ0) is 15.0. The van der Waals surface area contributed by atoms with Gasteiger partial charge in [0.1, 0.15) is 18.9 Å². The summed E-state index contributed by atoms with van der Waals surface area (Å²) in [6, 6.07) is 0. The first-order chi connectivity index (χ1) is 9.38. The van der Waals surface area contributed by atoms with Crippen molar-refractivity contribution in [3.8, 4) is 0 Å². The smallest absolute Gasteiger partial charge is 0.237 e. The van der Waals surface area contributed by atoms with Gasteiger partial charge in [0.25, 0.3) is 5.82 Å². The summed E-state index contributed by atoms with van der Waals surface area (Å²) < 4.78 is 69.5. The largest absolute Gasteiger partial charge is 0.256 e. The number of aromatic nitrogens is 2. The van der Waals surface area contributed by atoms with Crippen LogP contribution >= 0.6 is 0 Å². The zero-order valence-electron chi connectivity index (χ0n) is 10.9. The number of benzene rings is 1. The van der Waals surface area contributed by atoms with Crippen LogP contribution in [0.3, 0.4) is 0 Å². The molecule has 0 aliphatic rings. The number of hydrogen-bond donors (Lipinski definition) is 0. The third kappa shape index (κ3) is 2.17. The lowest BCUT2D eigenvalue weighted by Crippen LogP contribution is -2.32. The van der Waals surface area contributed by atoms with Gasteiger partial charge in [-0.2, -0.15) is 0 Å². The van der Waals surface area contributed by atoms with Gasteiger partial charge in [-0.25, -0.2) is 31.1 Å². The van der Waals surface area contributed by atoms with Gasteiger partial charge in [-0.3, -0.25) is 0 Å². The Hall–Kier alpha value is -1.92. The van der Waals surface area contributed by atoms with Crippen molar-refractivity contribution in [3.63, 3.8) is 0 Å². The van der Waals surface area contributed by atoms with Crippen molar-refractivity contribution in [1.29, 1.82) is 0 Å². The van der Waals surface area contributed by atoms with Crippen LogP contribution in [0.1, 0.15) is 18.3 Å². The Bertz CT molecular complexity index is 634. The summed E-state index contributed by atoms with van der Waals surface area (Å²) in [7, 11) is 1.73. The van der Waals surface area contributed by atoms with E-state index in [0.29, 0.717) is 12.2 Å². The van der Waals surface area contributed by atoms with Gasteiger partial charge < -0.3 is 0 Å². The average Bonchev–Trinajstić information content (AvgIpc) is 2.79. The van der Waals surface area contributed by atoms with Crippen LogP contribution in [-0.2, 0) is 20.0 Å². The highest BCUT2D eigenvalue weighted by Gasteiger charge is 2.27. The molecule has 1 aromatic heterocycles. The highest BCUT2D eigenvalue weighted by molar-refractivity contribution is 5.24. The minimum atomic E-state index is -2.14. The summed E-state index contributed by atoms with van der Waals surface area (Å²) in [5.74, 6) is -8.87. The lowest BCUT2D eigenvalue weighted by Gasteiger charge is -2.07. The summed E-state index contributed by atoms with van der Waals surface area (Å²) in [6.07, 6.45) is 3.72. The molecule has 0 radical (unpaired) electrons. The van der Waals surface area contributed by atoms with Crippen LogP contribution in [0.25, 0.3) is 0 Å². The van der Waals surface area contributed by atoms with Crippen LogP contribution in [0.2, 0.25) is 0 Å². The second-order valence-electron chi connectivity index (χ2n) is 4.36. The number of rotatable bonds is 3. The quantitative estimate of drug-likeness (QED) is 0.356. The van der Waals surface area contributed by atoms with Crippen molar-refractivity contribution in [1.82, 2.24) is 4.57 Å². The first-order valence-electron chi connectivity index (χ1n) is 5.92. The second kappa shape index (κ2) is 5.22. The Balaban J connectivity index is 2.54. The average molecular weight is 291 g/mol. The monoisotopic (exact) mass is 291 g/mol. The predicted octanol–water partition coefficient (Wildman–Crippen LogP) is 2.62. The van der Waals surface area contributed by atoms with E-state index in [1.54, 1.807) is 17.8 Å². The molecule has 108 valence electrons. The molecule has 20 heavy (non-hydrogen) atoms. The SMILES string of the molecule is CCc1n(Cc2c(F)c(F)c(F)c(F)c2F)cc[n+]1C. The number of aryl methyl sites for hydroxylation is 1. The van der Waals surface area contributed by atoms with E-state index in [9.17, 15) is 22.0 Å². The molecule has 2 nitrogen and oxygen atoms in total. The van der Waals surface area contributed by atoms with E-state index < -0.39 is 41.2 Å². The Labute approximate surface area is 112 Å². The molecule has 0 saturated carbocycles. The van der Waals surface area contributed by atoms with Crippen molar-refractivity contribution in [2.75, 3.05) is 0 Å². The maximum absolute atomic E-state index is 13.6. The van der Waals surface area contributed by atoms with Crippen LogP contribution in [0.15, 0.2) is 12.4 Å². The predicted molar refractivity (Wildman–Crippen MR) is 60.3 cm³/mol. The molecule has 2 rings (SSSR count). The molecule has 1 aromatic carbocycles. The van der Waals surface area contributed by atoms with Crippen molar-refractivity contribution >= 4 is 0 Å². The molecular weight excluding hydrogens is 279 g/mol. The van der Waals surface area contributed by atoms with Gasteiger partial charge in [0.15, 0.2) is 23.3 Å². The van der Waals surface area contributed by atoms with Gasteiger partial charge in [-0.05, 0) is 0 Å². The molecular formula is C13H12F5N2+. The fraction of sp³-hybridized carbons (Fsp3) is 0.308. The van der Waals surface area contributed by atoms with E-state index >= 15 is 0 Å². The van der Waals surface area contributed by atoms with Crippen LogP contribution in [-0.4, -0.2) is 4.57 Å². The van der Waals surface area contributed by atoms with Crippen LogP contribution in [0, 0.1) is 29.1 Å². The molecule has 0 aliphatic heterocycles. The van der Waals surface area contributed by atoms with E-state index in [2.05, 4.69) is 0 Å². The van der Waals surface area contributed by atoms with Gasteiger partial charge >= 0.3 is 0 Å². The molecule has 0 N–H and O–H groups in total. The van der Waals surface area contributed by atoms with Crippen molar-refractivity contribution < 1.29 is 26.5 Å². The molecule has 0 fully saturated rings. The first kappa shape index (κ1) is 14.5. The van der Waals surface area contributed by atoms with Crippen LogP contribution in [0.5, 0.6) is 0 Å². The third-order valence-electron chi connectivity index (χ3n) is 3.15. The Morgan fingerprint density at radius 1 is 0.950 bits per heavy atom. The van der Waals surface area contributed by atoms with Crippen molar-refractivity contribution in [2.24, 2.45) is 7.05 Å². The maximum atomic E-state index is 13.6. The second-order valence-corrected chi connectivity index (χ2v) is 4.36. The first-order valence-corrected chi connectivity index (χ1v) is 5.92.